The van der Waals surface area contributed by atoms with Crippen LogP contribution in [-0.2, 0) is 22.6 Å². The van der Waals surface area contributed by atoms with Crippen LogP contribution in [0.15, 0.2) is 77.5 Å². The summed E-state index contributed by atoms with van der Waals surface area (Å²) < 4.78 is 20.6. The molecule has 2 heterocycles. The maximum Gasteiger partial charge on any atom is 0.247 e. The molecule has 35 heavy (non-hydrogen) atoms. The number of aromatic amines is 1. The van der Waals surface area contributed by atoms with Crippen LogP contribution in [0, 0.1) is 5.82 Å². The van der Waals surface area contributed by atoms with Gasteiger partial charge in [0.2, 0.25) is 11.8 Å². The van der Waals surface area contributed by atoms with Crippen molar-refractivity contribution in [3.05, 3.63) is 95.8 Å². The zero-order valence-corrected chi connectivity index (χ0v) is 19.4. The lowest BCUT2D eigenvalue weighted by Crippen LogP contribution is -2.46. The monoisotopic (exact) mass is 473 g/mol. The Morgan fingerprint density at radius 3 is 2.60 bits per heavy atom. The maximum atomic E-state index is 15.1. The summed E-state index contributed by atoms with van der Waals surface area (Å²) in [5.41, 5.74) is 1.91. The zero-order chi connectivity index (χ0) is 24.2. The highest BCUT2D eigenvalue weighted by molar-refractivity contribution is 5.92. The molecular weight excluding hydrogens is 445 g/mol. The topological polar surface area (TPSA) is 78.3 Å². The van der Waals surface area contributed by atoms with Gasteiger partial charge in [-0.3, -0.25) is 9.59 Å². The van der Waals surface area contributed by atoms with Gasteiger partial charge in [-0.25, -0.2) is 4.39 Å². The minimum absolute atomic E-state index is 0.0333. The Morgan fingerprint density at radius 2 is 1.83 bits per heavy atom. The van der Waals surface area contributed by atoms with Gasteiger partial charge >= 0.3 is 0 Å². The second-order valence-electron chi connectivity index (χ2n) is 9.05. The van der Waals surface area contributed by atoms with Crippen molar-refractivity contribution in [2.75, 3.05) is 0 Å². The molecule has 0 radical (unpaired) electrons. The fourth-order valence-electron chi connectivity index (χ4n) is 4.93. The van der Waals surface area contributed by atoms with Gasteiger partial charge in [-0.1, -0.05) is 49.2 Å². The van der Waals surface area contributed by atoms with E-state index in [1.165, 1.54) is 17.2 Å². The van der Waals surface area contributed by atoms with Crippen LogP contribution < -0.4 is 5.32 Å². The summed E-state index contributed by atoms with van der Waals surface area (Å²) in [7, 11) is 0. The fraction of sp³-hybridized carbons (Fsp3) is 0.286. The SMILES string of the molecule is O=C(NC1CCCC1)[C@@H](c1ccccc1F)N(Cc1ccco1)C(=O)Cc1c[nH]c2ccccc12. The van der Waals surface area contributed by atoms with Crippen LogP contribution in [-0.4, -0.2) is 27.7 Å². The maximum absolute atomic E-state index is 15.1. The number of amides is 2. The lowest BCUT2D eigenvalue weighted by Gasteiger charge is -2.32. The molecule has 1 aliphatic rings. The van der Waals surface area contributed by atoms with Crippen molar-refractivity contribution in [3.8, 4) is 0 Å². The summed E-state index contributed by atoms with van der Waals surface area (Å²) in [6.45, 7) is 0.0469. The summed E-state index contributed by atoms with van der Waals surface area (Å²) in [4.78, 5) is 32.1. The van der Waals surface area contributed by atoms with Crippen LogP contribution in [0.1, 0.15) is 48.6 Å². The molecule has 1 aliphatic carbocycles. The molecule has 0 aliphatic heterocycles. The number of halogens is 1. The predicted octanol–water partition coefficient (Wildman–Crippen LogP) is 5.27. The number of nitrogens with zero attached hydrogens (tertiary/aromatic N) is 1. The van der Waals surface area contributed by atoms with E-state index >= 15 is 4.39 Å². The van der Waals surface area contributed by atoms with Gasteiger partial charge in [0.25, 0.3) is 0 Å². The smallest absolute Gasteiger partial charge is 0.247 e. The van der Waals surface area contributed by atoms with Gasteiger partial charge in [0.15, 0.2) is 0 Å². The predicted molar refractivity (Wildman–Crippen MR) is 131 cm³/mol. The van der Waals surface area contributed by atoms with Gasteiger partial charge in [0, 0.05) is 28.7 Å². The summed E-state index contributed by atoms with van der Waals surface area (Å²) >= 11 is 0. The lowest BCUT2D eigenvalue weighted by atomic mass is 10.0. The number of rotatable bonds is 8. The first-order valence-corrected chi connectivity index (χ1v) is 12.0. The van der Waals surface area contributed by atoms with Crippen molar-refractivity contribution < 1.29 is 18.4 Å². The Labute approximate surface area is 203 Å². The van der Waals surface area contributed by atoms with E-state index in [0.717, 1.165) is 42.1 Å². The van der Waals surface area contributed by atoms with Crippen molar-refractivity contribution in [1.82, 2.24) is 15.2 Å². The van der Waals surface area contributed by atoms with E-state index < -0.39 is 11.9 Å². The number of fused-ring (bicyclic) bond motifs is 1. The molecule has 2 aromatic carbocycles. The molecule has 1 atom stereocenters. The van der Waals surface area contributed by atoms with E-state index in [9.17, 15) is 9.59 Å². The third kappa shape index (κ3) is 4.99. The summed E-state index contributed by atoms with van der Waals surface area (Å²) in [6.07, 6.45) is 7.26. The summed E-state index contributed by atoms with van der Waals surface area (Å²) in [5.74, 6) is -0.669. The number of hydrogen-bond donors (Lipinski definition) is 2. The molecule has 180 valence electrons. The standard InChI is InChI=1S/C28H28FN3O3/c29-24-13-5-3-12-23(24)27(28(34)31-20-8-1-2-9-20)32(18-21-10-7-15-35-21)26(33)16-19-17-30-25-14-6-4-11-22(19)25/h3-7,10-15,17,20,27,30H,1-2,8-9,16,18H2,(H,31,34)/t27-/m1/s1. The second-order valence-corrected chi connectivity index (χ2v) is 9.05. The number of aromatic nitrogens is 1. The van der Waals surface area contributed by atoms with E-state index in [1.54, 1.807) is 30.3 Å². The number of furan rings is 1. The molecule has 6 nitrogen and oxygen atoms in total. The van der Waals surface area contributed by atoms with Crippen LogP contribution in [0.5, 0.6) is 0 Å². The van der Waals surface area contributed by atoms with Gasteiger partial charge in [-0.2, -0.15) is 0 Å². The average molecular weight is 474 g/mol. The largest absolute Gasteiger partial charge is 0.467 e. The highest BCUT2D eigenvalue weighted by Crippen LogP contribution is 2.29. The third-order valence-corrected chi connectivity index (χ3v) is 6.70. The number of hydrogen-bond acceptors (Lipinski definition) is 3. The van der Waals surface area contributed by atoms with Crippen molar-refractivity contribution in [1.29, 1.82) is 0 Å². The van der Waals surface area contributed by atoms with E-state index in [-0.39, 0.29) is 36.4 Å². The number of nitrogens with one attached hydrogen (secondary N) is 2. The number of benzene rings is 2. The van der Waals surface area contributed by atoms with Crippen LogP contribution in [0.2, 0.25) is 0 Å². The van der Waals surface area contributed by atoms with Crippen LogP contribution in [0.25, 0.3) is 10.9 Å². The first-order chi connectivity index (χ1) is 17.1. The molecule has 2 aromatic heterocycles. The molecule has 5 rings (SSSR count). The van der Waals surface area contributed by atoms with Gasteiger partial charge in [-0.05, 0) is 42.7 Å². The normalized spacial score (nSPS) is 14.8. The Morgan fingerprint density at radius 1 is 1.06 bits per heavy atom. The molecule has 0 unspecified atom stereocenters. The van der Waals surface area contributed by atoms with E-state index in [0.29, 0.717) is 5.76 Å². The van der Waals surface area contributed by atoms with Gasteiger partial charge < -0.3 is 19.6 Å². The molecule has 4 aromatic rings. The lowest BCUT2D eigenvalue weighted by molar-refractivity contribution is -0.141. The number of carbonyl (C=O) groups excluding carboxylic acids is 2. The molecule has 2 amide bonds. The molecule has 0 saturated heterocycles. The molecule has 7 heteroatoms. The van der Waals surface area contributed by atoms with Crippen molar-refractivity contribution in [2.24, 2.45) is 0 Å². The first kappa shape index (κ1) is 22.9. The summed E-state index contributed by atoms with van der Waals surface area (Å²) in [5, 5.41) is 4.01. The number of carbonyl (C=O) groups is 2. The minimum Gasteiger partial charge on any atom is -0.467 e. The van der Waals surface area contributed by atoms with Gasteiger partial charge in [-0.15, -0.1) is 0 Å². The first-order valence-electron chi connectivity index (χ1n) is 12.0. The van der Waals surface area contributed by atoms with Crippen molar-refractivity contribution in [2.45, 2.75) is 50.7 Å². The van der Waals surface area contributed by atoms with Crippen LogP contribution >= 0.6 is 0 Å². The van der Waals surface area contributed by atoms with Crippen molar-refractivity contribution in [3.63, 3.8) is 0 Å². The number of H-pyrrole nitrogens is 1. The van der Waals surface area contributed by atoms with Crippen LogP contribution in [0.4, 0.5) is 4.39 Å². The Kier molecular flexibility index (Phi) is 6.66. The highest BCUT2D eigenvalue weighted by Gasteiger charge is 2.35. The number of para-hydroxylation sites is 1. The minimum atomic E-state index is -1.13. The van der Waals surface area contributed by atoms with Crippen molar-refractivity contribution >= 4 is 22.7 Å². The molecule has 2 N–H and O–H groups in total. The fourth-order valence-corrected chi connectivity index (χ4v) is 4.93. The molecule has 0 spiro atoms. The molecule has 0 bridgehead atoms. The van der Waals surface area contributed by atoms with Gasteiger partial charge in [0.05, 0.1) is 19.2 Å². The quantitative estimate of drug-likeness (QED) is 0.366. The summed E-state index contributed by atoms with van der Waals surface area (Å²) in [6, 6.07) is 16.3. The molecule has 1 fully saturated rings. The van der Waals surface area contributed by atoms with Crippen LogP contribution in [0.3, 0.4) is 0 Å². The highest BCUT2D eigenvalue weighted by atomic mass is 19.1. The Hall–Kier alpha value is -3.87. The zero-order valence-electron chi connectivity index (χ0n) is 19.4. The van der Waals surface area contributed by atoms with E-state index in [1.807, 2.05) is 30.5 Å². The van der Waals surface area contributed by atoms with E-state index in [2.05, 4.69) is 10.3 Å². The molecule has 1 saturated carbocycles. The van der Waals surface area contributed by atoms with Gasteiger partial charge in [0.1, 0.15) is 17.6 Å². The molecular formula is C28H28FN3O3. The Balaban J connectivity index is 1.52. The Bertz CT molecular complexity index is 1310. The van der Waals surface area contributed by atoms with E-state index in [4.69, 9.17) is 4.42 Å². The third-order valence-electron chi connectivity index (χ3n) is 6.70. The second kappa shape index (κ2) is 10.2. The average Bonchev–Trinajstić information content (AvgIpc) is 3.63.